The summed E-state index contributed by atoms with van der Waals surface area (Å²) in [4.78, 5) is 14.7. The number of aromatic nitrogens is 1. The van der Waals surface area contributed by atoms with Crippen LogP contribution >= 0.6 is 11.3 Å². The number of carboxylic acid groups (broad SMARTS) is 1. The lowest BCUT2D eigenvalue weighted by molar-refractivity contribution is -0.146. The minimum atomic E-state index is -1.37. The van der Waals surface area contributed by atoms with Crippen molar-refractivity contribution in [1.29, 1.82) is 0 Å². The van der Waals surface area contributed by atoms with Crippen molar-refractivity contribution < 1.29 is 15.0 Å². The molecule has 0 aliphatic heterocycles. The Bertz CT molecular complexity index is 461. The largest absolute Gasteiger partial charge is 0.479 e. The van der Waals surface area contributed by atoms with Gasteiger partial charge in [-0.2, -0.15) is 0 Å². The molecule has 0 amide bonds. The van der Waals surface area contributed by atoms with Gasteiger partial charge in [-0.3, -0.25) is 0 Å². The third-order valence-corrected chi connectivity index (χ3v) is 3.05. The van der Waals surface area contributed by atoms with E-state index in [2.05, 4.69) is 4.98 Å². The zero-order valence-corrected chi connectivity index (χ0v) is 8.57. The zero-order chi connectivity index (χ0) is 10.8. The second-order valence-corrected chi connectivity index (χ2v) is 4.25. The van der Waals surface area contributed by atoms with Gasteiger partial charge in [0.25, 0.3) is 0 Å². The van der Waals surface area contributed by atoms with Crippen molar-refractivity contribution >= 4 is 27.5 Å². The van der Waals surface area contributed by atoms with Crippen LogP contribution in [0.5, 0.6) is 0 Å². The molecular formula is C10H9NO3S. The van der Waals surface area contributed by atoms with Crippen molar-refractivity contribution in [2.24, 2.45) is 0 Å². The SMILES string of the molecule is O=C(O)C(O)Cc1nc2ccccc2s1. The van der Waals surface area contributed by atoms with E-state index in [0.717, 1.165) is 10.2 Å². The first-order valence-corrected chi connectivity index (χ1v) is 5.24. The Morgan fingerprint density at radius 1 is 1.47 bits per heavy atom. The fourth-order valence-corrected chi connectivity index (χ4v) is 2.26. The molecule has 1 unspecified atom stereocenters. The van der Waals surface area contributed by atoms with Crippen LogP contribution in [0.15, 0.2) is 24.3 Å². The number of benzene rings is 1. The molecule has 0 saturated heterocycles. The standard InChI is InChI=1S/C10H9NO3S/c12-7(10(13)14)5-9-11-6-3-1-2-4-8(6)15-9/h1-4,7,12H,5H2,(H,13,14). The third kappa shape index (κ3) is 2.14. The van der Waals surface area contributed by atoms with E-state index < -0.39 is 12.1 Å². The highest BCUT2D eigenvalue weighted by Crippen LogP contribution is 2.22. The quantitative estimate of drug-likeness (QED) is 0.822. The van der Waals surface area contributed by atoms with Gasteiger partial charge in [0, 0.05) is 6.42 Å². The fraction of sp³-hybridized carbons (Fsp3) is 0.200. The molecule has 0 aliphatic rings. The molecule has 0 spiro atoms. The Kier molecular flexibility index (Phi) is 2.66. The molecule has 4 nitrogen and oxygen atoms in total. The number of para-hydroxylation sites is 1. The first kappa shape index (κ1) is 10.1. The van der Waals surface area contributed by atoms with Crippen molar-refractivity contribution in [3.63, 3.8) is 0 Å². The molecule has 15 heavy (non-hydrogen) atoms. The number of hydrogen-bond donors (Lipinski definition) is 2. The van der Waals surface area contributed by atoms with Crippen molar-refractivity contribution in [3.8, 4) is 0 Å². The second kappa shape index (κ2) is 3.96. The molecule has 2 rings (SSSR count). The van der Waals surface area contributed by atoms with E-state index in [1.165, 1.54) is 11.3 Å². The van der Waals surface area contributed by atoms with Gasteiger partial charge >= 0.3 is 5.97 Å². The Hall–Kier alpha value is -1.46. The third-order valence-electron chi connectivity index (χ3n) is 1.99. The molecule has 2 N–H and O–H groups in total. The normalized spacial score (nSPS) is 12.9. The predicted octanol–water partition coefficient (Wildman–Crippen LogP) is 1.28. The Morgan fingerprint density at radius 2 is 2.20 bits per heavy atom. The smallest absolute Gasteiger partial charge is 0.332 e. The number of nitrogens with zero attached hydrogens (tertiary/aromatic N) is 1. The van der Waals surface area contributed by atoms with Crippen LogP contribution < -0.4 is 0 Å². The van der Waals surface area contributed by atoms with Gasteiger partial charge in [-0.15, -0.1) is 11.3 Å². The number of fused-ring (bicyclic) bond motifs is 1. The maximum Gasteiger partial charge on any atom is 0.332 e. The maximum absolute atomic E-state index is 10.4. The molecule has 0 fully saturated rings. The van der Waals surface area contributed by atoms with Crippen LogP contribution in [0.4, 0.5) is 0 Å². The molecule has 1 aromatic carbocycles. The summed E-state index contributed by atoms with van der Waals surface area (Å²) in [6.45, 7) is 0. The van der Waals surface area contributed by atoms with Crippen molar-refractivity contribution in [2.45, 2.75) is 12.5 Å². The molecule has 0 bridgehead atoms. The molecule has 1 heterocycles. The van der Waals surface area contributed by atoms with E-state index in [9.17, 15) is 9.90 Å². The molecule has 1 aromatic heterocycles. The lowest BCUT2D eigenvalue weighted by Crippen LogP contribution is -2.21. The lowest BCUT2D eigenvalue weighted by atomic mass is 10.3. The number of rotatable bonds is 3. The monoisotopic (exact) mass is 223 g/mol. The number of thiazole rings is 1. The van der Waals surface area contributed by atoms with Crippen LogP contribution in [0, 0.1) is 0 Å². The number of carbonyl (C=O) groups is 1. The molecule has 5 heteroatoms. The topological polar surface area (TPSA) is 70.4 Å². The van der Waals surface area contributed by atoms with E-state index in [1.54, 1.807) is 0 Å². The van der Waals surface area contributed by atoms with E-state index in [4.69, 9.17) is 5.11 Å². The van der Waals surface area contributed by atoms with Crippen molar-refractivity contribution in [2.75, 3.05) is 0 Å². The van der Waals surface area contributed by atoms with Crippen LogP contribution in [0.2, 0.25) is 0 Å². The van der Waals surface area contributed by atoms with Crippen LogP contribution in [0.1, 0.15) is 5.01 Å². The number of hydrogen-bond acceptors (Lipinski definition) is 4. The molecule has 0 saturated carbocycles. The Morgan fingerprint density at radius 3 is 2.87 bits per heavy atom. The summed E-state index contributed by atoms with van der Waals surface area (Å²) in [6, 6.07) is 7.56. The second-order valence-electron chi connectivity index (χ2n) is 3.13. The summed E-state index contributed by atoms with van der Waals surface area (Å²) in [6.07, 6.45) is -1.31. The molecule has 0 aliphatic carbocycles. The number of carboxylic acids is 1. The number of aliphatic hydroxyl groups excluding tert-OH is 1. The van der Waals surface area contributed by atoms with Crippen molar-refractivity contribution in [3.05, 3.63) is 29.3 Å². The van der Waals surface area contributed by atoms with E-state index >= 15 is 0 Å². The van der Waals surface area contributed by atoms with Gasteiger partial charge in [0.2, 0.25) is 0 Å². The number of aliphatic hydroxyl groups is 1. The van der Waals surface area contributed by atoms with Gasteiger partial charge in [0.05, 0.1) is 15.2 Å². The van der Waals surface area contributed by atoms with Crippen molar-refractivity contribution in [1.82, 2.24) is 4.98 Å². The summed E-state index contributed by atoms with van der Waals surface area (Å²) < 4.78 is 1.00. The summed E-state index contributed by atoms with van der Waals surface area (Å²) in [5, 5.41) is 18.4. The summed E-state index contributed by atoms with van der Waals surface area (Å²) in [7, 11) is 0. The van der Waals surface area contributed by atoms with Crippen LogP contribution in [0.3, 0.4) is 0 Å². The Balaban J connectivity index is 2.26. The maximum atomic E-state index is 10.4. The van der Waals surface area contributed by atoms with E-state index in [0.29, 0.717) is 5.01 Å². The highest BCUT2D eigenvalue weighted by Gasteiger charge is 2.16. The molecule has 1 atom stereocenters. The van der Waals surface area contributed by atoms with Gasteiger partial charge in [-0.05, 0) is 12.1 Å². The van der Waals surface area contributed by atoms with Crippen LogP contribution in [-0.2, 0) is 11.2 Å². The van der Waals surface area contributed by atoms with Gasteiger partial charge < -0.3 is 10.2 Å². The average molecular weight is 223 g/mol. The molecule has 78 valence electrons. The highest BCUT2D eigenvalue weighted by molar-refractivity contribution is 7.18. The van der Waals surface area contributed by atoms with Gasteiger partial charge in [-0.1, -0.05) is 12.1 Å². The lowest BCUT2D eigenvalue weighted by Gasteiger charge is -2.00. The van der Waals surface area contributed by atoms with Gasteiger partial charge in [-0.25, -0.2) is 9.78 Å². The summed E-state index contributed by atoms with van der Waals surface area (Å²) in [5.74, 6) is -1.21. The predicted molar refractivity (Wildman–Crippen MR) is 57.0 cm³/mol. The Labute approximate surface area is 89.8 Å². The van der Waals surface area contributed by atoms with Crippen LogP contribution in [0.25, 0.3) is 10.2 Å². The summed E-state index contributed by atoms with van der Waals surface area (Å²) in [5.41, 5.74) is 0.843. The zero-order valence-electron chi connectivity index (χ0n) is 7.75. The first-order chi connectivity index (χ1) is 7.16. The minimum Gasteiger partial charge on any atom is -0.479 e. The molecular weight excluding hydrogens is 214 g/mol. The van der Waals surface area contributed by atoms with E-state index in [-0.39, 0.29) is 6.42 Å². The molecule has 0 radical (unpaired) electrons. The number of aliphatic carboxylic acids is 1. The fourth-order valence-electron chi connectivity index (χ4n) is 1.26. The van der Waals surface area contributed by atoms with Gasteiger partial charge in [0.1, 0.15) is 0 Å². The highest BCUT2D eigenvalue weighted by atomic mass is 32.1. The van der Waals surface area contributed by atoms with Gasteiger partial charge in [0.15, 0.2) is 6.10 Å². The van der Waals surface area contributed by atoms with E-state index in [1.807, 2.05) is 24.3 Å². The molecule has 2 aromatic rings. The summed E-state index contributed by atoms with van der Waals surface area (Å²) >= 11 is 1.41. The average Bonchev–Trinajstić information content (AvgIpc) is 2.59. The minimum absolute atomic E-state index is 0.0642. The first-order valence-electron chi connectivity index (χ1n) is 4.42. The van der Waals surface area contributed by atoms with Crippen LogP contribution in [-0.4, -0.2) is 27.3 Å².